The number of methoxy groups -OCH3 is 2. The smallest absolute Gasteiger partial charge is 0.182 e. The average Bonchev–Trinajstić information content (AvgIpc) is 2.49. The van der Waals surface area contributed by atoms with Crippen LogP contribution in [0.5, 0.6) is 17.2 Å². The number of sulfone groups is 1. The van der Waals surface area contributed by atoms with Gasteiger partial charge in [0.05, 0.1) is 24.9 Å². The van der Waals surface area contributed by atoms with E-state index in [1.165, 1.54) is 38.5 Å². The Hall–Kier alpha value is -2.21. The summed E-state index contributed by atoms with van der Waals surface area (Å²) >= 11 is 0. The molecule has 2 aromatic rings. The Morgan fingerprint density at radius 1 is 1.00 bits per heavy atom. The van der Waals surface area contributed by atoms with E-state index in [1.807, 2.05) is 0 Å². The highest BCUT2D eigenvalue weighted by molar-refractivity contribution is 7.90. The predicted molar refractivity (Wildman–Crippen MR) is 78.5 cm³/mol. The molecule has 0 heterocycles. The molecule has 0 fully saturated rings. The van der Waals surface area contributed by atoms with Gasteiger partial charge in [0.15, 0.2) is 21.3 Å². The number of ether oxygens (including phenoxy) is 2. The summed E-state index contributed by atoms with van der Waals surface area (Å²) < 4.78 is 34.7. The number of aromatic hydroxyl groups is 1. The molecule has 1 N–H and O–H groups in total. The molecule has 0 aliphatic carbocycles. The lowest BCUT2D eigenvalue weighted by molar-refractivity contribution is 0.373. The van der Waals surface area contributed by atoms with Crippen molar-refractivity contribution in [2.24, 2.45) is 0 Å². The van der Waals surface area contributed by atoms with Crippen molar-refractivity contribution >= 4 is 9.84 Å². The van der Waals surface area contributed by atoms with E-state index >= 15 is 0 Å². The molecule has 0 unspecified atom stereocenters. The third-order valence-electron chi connectivity index (χ3n) is 3.02. The van der Waals surface area contributed by atoms with Gasteiger partial charge in [-0.3, -0.25) is 0 Å². The number of hydrogen-bond acceptors (Lipinski definition) is 5. The van der Waals surface area contributed by atoms with Gasteiger partial charge in [-0.2, -0.15) is 0 Å². The molecule has 5 nitrogen and oxygen atoms in total. The third kappa shape index (κ3) is 3.46. The van der Waals surface area contributed by atoms with Crippen LogP contribution in [0.25, 0.3) is 0 Å². The van der Waals surface area contributed by atoms with Gasteiger partial charge in [-0.1, -0.05) is 6.07 Å². The Morgan fingerprint density at radius 3 is 2.24 bits per heavy atom. The van der Waals surface area contributed by atoms with Gasteiger partial charge in [0.1, 0.15) is 5.75 Å². The molecule has 0 atom stereocenters. The summed E-state index contributed by atoms with van der Waals surface area (Å²) in [5, 5.41) is 9.52. The predicted octanol–water partition coefficient (Wildman–Crippen LogP) is 2.38. The molecule has 112 valence electrons. The van der Waals surface area contributed by atoms with E-state index in [0.29, 0.717) is 11.3 Å². The Kier molecular flexibility index (Phi) is 4.37. The highest BCUT2D eigenvalue weighted by Crippen LogP contribution is 2.28. The molecule has 0 aliphatic rings. The van der Waals surface area contributed by atoms with Crippen LogP contribution < -0.4 is 9.47 Å². The zero-order chi connectivity index (χ0) is 15.5. The lowest BCUT2D eigenvalue weighted by Gasteiger charge is -2.08. The summed E-state index contributed by atoms with van der Waals surface area (Å²) in [5.74, 6) is 0.649. The summed E-state index contributed by atoms with van der Waals surface area (Å²) in [7, 11) is -0.535. The first-order valence-electron chi connectivity index (χ1n) is 6.19. The Bertz CT molecular complexity index is 720. The third-order valence-corrected chi connectivity index (χ3v) is 4.72. The zero-order valence-corrected chi connectivity index (χ0v) is 12.6. The van der Waals surface area contributed by atoms with Crippen LogP contribution in [0.15, 0.2) is 47.4 Å². The van der Waals surface area contributed by atoms with Crippen LogP contribution in [0.2, 0.25) is 0 Å². The van der Waals surface area contributed by atoms with Crippen LogP contribution in [0.1, 0.15) is 5.56 Å². The first-order chi connectivity index (χ1) is 9.96. The maximum atomic E-state index is 12.3. The minimum atomic E-state index is -3.47. The molecular formula is C15H16O5S. The van der Waals surface area contributed by atoms with Crippen LogP contribution in [0.4, 0.5) is 0 Å². The number of rotatable bonds is 5. The largest absolute Gasteiger partial charge is 0.504 e. The van der Waals surface area contributed by atoms with E-state index in [4.69, 9.17) is 9.47 Å². The standard InChI is InChI=1S/C15H16O5S/c1-19-12-4-6-13(7-5-12)21(17,18)10-11-3-8-14(16)15(9-11)20-2/h3-9,16H,10H2,1-2H3. The summed E-state index contributed by atoms with van der Waals surface area (Å²) in [6, 6.07) is 10.7. The van der Waals surface area contributed by atoms with E-state index < -0.39 is 9.84 Å². The molecule has 0 bridgehead atoms. The summed E-state index contributed by atoms with van der Waals surface area (Å²) in [6.45, 7) is 0. The molecule has 0 aromatic heterocycles. The second-order valence-corrected chi connectivity index (χ2v) is 6.43. The minimum absolute atomic E-state index is 0.0249. The number of phenolic OH excluding ortho intramolecular Hbond substituents is 1. The summed E-state index contributed by atoms with van der Waals surface area (Å²) in [5.41, 5.74) is 0.542. The lowest BCUT2D eigenvalue weighted by Crippen LogP contribution is -2.05. The molecule has 0 saturated carbocycles. The number of phenols is 1. The number of hydrogen-bond donors (Lipinski definition) is 1. The topological polar surface area (TPSA) is 72.8 Å². The second-order valence-electron chi connectivity index (χ2n) is 4.44. The van der Waals surface area contributed by atoms with Gasteiger partial charge in [0, 0.05) is 0 Å². The fourth-order valence-corrected chi connectivity index (χ4v) is 3.23. The maximum Gasteiger partial charge on any atom is 0.182 e. The van der Waals surface area contributed by atoms with Crippen molar-refractivity contribution in [3.8, 4) is 17.2 Å². The SMILES string of the molecule is COc1ccc(S(=O)(=O)Cc2ccc(O)c(OC)c2)cc1. The fraction of sp³-hybridized carbons (Fsp3) is 0.200. The molecule has 0 spiro atoms. The Morgan fingerprint density at radius 2 is 1.67 bits per heavy atom. The van der Waals surface area contributed by atoms with E-state index in [9.17, 15) is 13.5 Å². The van der Waals surface area contributed by atoms with Crippen LogP contribution in [0.3, 0.4) is 0 Å². The molecule has 6 heteroatoms. The summed E-state index contributed by atoms with van der Waals surface area (Å²) in [6.07, 6.45) is 0. The van der Waals surface area contributed by atoms with Crippen molar-refractivity contribution in [2.75, 3.05) is 14.2 Å². The highest BCUT2D eigenvalue weighted by Gasteiger charge is 2.16. The first kappa shape index (κ1) is 15.2. The zero-order valence-electron chi connectivity index (χ0n) is 11.7. The molecule has 21 heavy (non-hydrogen) atoms. The lowest BCUT2D eigenvalue weighted by atomic mass is 10.2. The molecular weight excluding hydrogens is 292 g/mol. The van der Waals surface area contributed by atoms with E-state index in [-0.39, 0.29) is 22.1 Å². The van der Waals surface area contributed by atoms with Gasteiger partial charge < -0.3 is 14.6 Å². The van der Waals surface area contributed by atoms with Crippen molar-refractivity contribution in [3.05, 3.63) is 48.0 Å². The van der Waals surface area contributed by atoms with Crippen molar-refractivity contribution in [1.82, 2.24) is 0 Å². The minimum Gasteiger partial charge on any atom is -0.504 e. The highest BCUT2D eigenvalue weighted by atomic mass is 32.2. The Balaban J connectivity index is 2.28. The van der Waals surface area contributed by atoms with Gasteiger partial charge in [-0.15, -0.1) is 0 Å². The summed E-state index contributed by atoms with van der Waals surface area (Å²) in [4.78, 5) is 0.218. The monoisotopic (exact) mass is 308 g/mol. The maximum absolute atomic E-state index is 12.3. The van der Waals surface area contributed by atoms with Crippen LogP contribution in [0, 0.1) is 0 Å². The first-order valence-corrected chi connectivity index (χ1v) is 7.84. The van der Waals surface area contributed by atoms with Crippen molar-refractivity contribution in [2.45, 2.75) is 10.6 Å². The quantitative estimate of drug-likeness (QED) is 0.918. The molecule has 0 radical (unpaired) electrons. The van der Waals surface area contributed by atoms with Crippen molar-refractivity contribution < 1.29 is 23.0 Å². The van der Waals surface area contributed by atoms with Gasteiger partial charge in [0.25, 0.3) is 0 Å². The van der Waals surface area contributed by atoms with Crippen LogP contribution >= 0.6 is 0 Å². The van der Waals surface area contributed by atoms with Gasteiger partial charge in [-0.25, -0.2) is 8.42 Å². The molecule has 0 saturated heterocycles. The number of benzene rings is 2. The van der Waals surface area contributed by atoms with E-state index in [2.05, 4.69) is 0 Å². The molecule has 2 aromatic carbocycles. The van der Waals surface area contributed by atoms with E-state index in [0.717, 1.165) is 0 Å². The Labute approximate surface area is 123 Å². The molecule has 0 amide bonds. The molecule has 0 aliphatic heterocycles. The van der Waals surface area contributed by atoms with Crippen LogP contribution in [-0.2, 0) is 15.6 Å². The van der Waals surface area contributed by atoms with Gasteiger partial charge >= 0.3 is 0 Å². The molecule has 2 rings (SSSR count). The van der Waals surface area contributed by atoms with Crippen molar-refractivity contribution in [1.29, 1.82) is 0 Å². The van der Waals surface area contributed by atoms with Gasteiger partial charge in [0.2, 0.25) is 0 Å². The van der Waals surface area contributed by atoms with Crippen molar-refractivity contribution in [3.63, 3.8) is 0 Å². The van der Waals surface area contributed by atoms with E-state index in [1.54, 1.807) is 18.2 Å². The second kappa shape index (κ2) is 6.05. The van der Waals surface area contributed by atoms with Gasteiger partial charge in [-0.05, 0) is 42.0 Å². The fourth-order valence-electron chi connectivity index (χ4n) is 1.90. The van der Waals surface area contributed by atoms with Crippen LogP contribution in [-0.4, -0.2) is 27.7 Å². The normalized spacial score (nSPS) is 11.1. The average molecular weight is 308 g/mol.